The van der Waals surface area contributed by atoms with Crippen LogP contribution in [0.4, 0.5) is 5.82 Å². The minimum absolute atomic E-state index is 0.0498. The minimum atomic E-state index is 0.0498. The maximum absolute atomic E-state index is 5.38. The average molecular weight is 286 g/mol. The Hall–Kier alpha value is -1.77. The molecule has 2 rings (SSSR count). The lowest BCUT2D eigenvalue weighted by Crippen LogP contribution is -2.16. The summed E-state index contributed by atoms with van der Waals surface area (Å²) in [6.07, 6.45) is 1.09. The lowest BCUT2D eigenvalue weighted by Gasteiger charge is -2.24. The Morgan fingerprint density at radius 3 is 2.48 bits per heavy atom. The smallest absolute Gasteiger partial charge is 0.130 e. The second-order valence-electron chi connectivity index (χ2n) is 6.58. The summed E-state index contributed by atoms with van der Waals surface area (Å²) in [4.78, 5) is 4.89. The number of anilines is 1. The zero-order chi connectivity index (χ0) is 15.6. The zero-order valence-electron chi connectivity index (χ0n) is 14.0. The molecule has 0 unspecified atom stereocenters. The van der Waals surface area contributed by atoms with Gasteiger partial charge in [0.25, 0.3) is 0 Å². The number of fused-ring (bicyclic) bond motifs is 1. The molecule has 0 aliphatic rings. The van der Waals surface area contributed by atoms with Gasteiger partial charge in [-0.25, -0.2) is 4.98 Å². The van der Waals surface area contributed by atoms with Crippen molar-refractivity contribution in [3.05, 3.63) is 29.3 Å². The SMILES string of the molecule is CCCNc1nc2c(C)cc(OC)cc2cc1C(C)(C)C. The van der Waals surface area contributed by atoms with E-state index in [0.29, 0.717) is 0 Å². The van der Waals surface area contributed by atoms with Gasteiger partial charge < -0.3 is 10.1 Å². The van der Waals surface area contributed by atoms with E-state index >= 15 is 0 Å². The third-order valence-electron chi connectivity index (χ3n) is 3.67. The summed E-state index contributed by atoms with van der Waals surface area (Å²) in [7, 11) is 1.70. The lowest BCUT2D eigenvalue weighted by molar-refractivity contribution is 0.415. The lowest BCUT2D eigenvalue weighted by atomic mass is 9.86. The highest BCUT2D eigenvalue weighted by Crippen LogP contribution is 2.33. The summed E-state index contributed by atoms with van der Waals surface area (Å²) < 4.78 is 5.38. The number of aryl methyl sites for hydroxylation is 1. The van der Waals surface area contributed by atoms with E-state index in [9.17, 15) is 0 Å². The van der Waals surface area contributed by atoms with E-state index in [0.717, 1.165) is 41.0 Å². The molecular weight excluding hydrogens is 260 g/mol. The van der Waals surface area contributed by atoms with Gasteiger partial charge in [0.15, 0.2) is 0 Å². The Bertz CT molecular complexity index is 642. The van der Waals surface area contributed by atoms with Gasteiger partial charge in [-0.2, -0.15) is 0 Å². The molecule has 21 heavy (non-hydrogen) atoms. The highest BCUT2D eigenvalue weighted by Gasteiger charge is 2.20. The van der Waals surface area contributed by atoms with E-state index < -0.39 is 0 Å². The Labute approximate surface area is 127 Å². The molecule has 3 nitrogen and oxygen atoms in total. The summed E-state index contributed by atoms with van der Waals surface area (Å²) in [5.41, 5.74) is 3.48. The molecule has 1 aromatic heterocycles. The predicted octanol–water partition coefficient (Wildman–Crippen LogP) is 4.67. The fourth-order valence-corrected chi connectivity index (χ4v) is 2.50. The first kappa shape index (κ1) is 15.6. The maximum atomic E-state index is 5.38. The van der Waals surface area contributed by atoms with Gasteiger partial charge in [0, 0.05) is 17.5 Å². The summed E-state index contributed by atoms with van der Waals surface area (Å²) in [5.74, 6) is 1.89. The van der Waals surface area contributed by atoms with E-state index in [1.54, 1.807) is 7.11 Å². The average Bonchev–Trinajstić information content (AvgIpc) is 2.43. The summed E-state index contributed by atoms with van der Waals surface area (Å²) in [5, 5.41) is 4.61. The normalized spacial score (nSPS) is 11.7. The van der Waals surface area contributed by atoms with Gasteiger partial charge in [-0.15, -0.1) is 0 Å². The van der Waals surface area contributed by atoms with Crippen molar-refractivity contribution in [3.8, 4) is 5.75 Å². The third-order valence-corrected chi connectivity index (χ3v) is 3.67. The van der Waals surface area contributed by atoms with Crippen LogP contribution in [0, 0.1) is 6.92 Å². The van der Waals surface area contributed by atoms with Crippen LogP contribution in [0.5, 0.6) is 5.75 Å². The molecular formula is C18H26N2O. The van der Waals surface area contributed by atoms with Crippen LogP contribution in [0.25, 0.3) is 10.9 Å². The van der Waals surface area contributed by atoms with Crippen LogP contribution in [-0.2, 0) is 5.41 Å². The number of nitrogens with one attached hydrogen (secondary N) is 1. The van der Waals surface area contributed by atoms with Gasteiger partial charge in [-0.1, -0.05) is 27.7 Å². The third kappa shape index (κ3) is 3.29. The van der Waals surface area contributed by atoms with Crippen LogP contribution in [0.1, 0.15) is 45.2 Å². The van der Waals surface area contributed by atoms with Gasteiger partial charge in [0.1, 0.15) is 11.6 Å². The second-order valence-corrected chi connectivity index (χ2v) is 6.58. The molecule has 1 N–H and O–H groups in total. The van der Waals surface area contributed by atoms with E-state index in [2.05, 4.69) is 52.1 Å². The van der Waals surface area contributed by atoms with Crippen molar-refractivity contribution in [1.82, 2.24) is 4.98 Å². The molecule has 0 saturated carbocycles. The van der Waals surface area contributed by atoms with Crippen LogP contribution in [-0.4, -0.2) is 18.6 Å². The molecule has 3 heteroatoms. The molecule has 0 spiro atoms. The van der Waals surface area contributed by atoms with E-state index in [4.69, 9.17) is 9.72 Å². The number of benzene rings is 1. The van der Waals surface area contributed by atoms with Gasteiger partial charge in [0.2, 0.25) is 0 Å². The zero-order valence-corrected chi connectivity index (χ0v) is 14.0. The number of rotatable bonds is 4. The number of aromatic nitrogens is 1. The second kappa shape index (κ2) is 5.92. The number of hydrogen-bond donors (Lipinski definition) is 1. The van der Waals surface area contributed by atoms with Gasteiger partial charge >= 0.3 is 0 Å². The molecule has 0 saturated heterocycles. The minimum Gasteiger partial charge on any atom is -0.497 e. The van der Waals surface area contributed by atoms with Crippen molar-refractivity contribution in [2.24, 2.45) is 0 Å². The largest absolute Gasteiger partial charge is 0.497 e. The molecule has 0 amide bonds. The van der Waals surface area contributed by atoms with E-state index in [1.807, 2.05) is 6.07 Å². The first-order valence-corrected chi connectivity index (χ1v) is 7.60. The van der Waals surface area contributed by atoms with Crippen LogP contribution >= 0.6 is 0 Å². The van der Waals surface area contributed by atoms with Crippen molar-refractivity contribution < 1.29 is 4.74 Å². The highest BCUT2D eigenvalue weighted by molar-refractivity contribution is 5.86. The number of pyridine rings is 1. The Kier molecular flexibility index (Phi) is 4.40. The molecule has 0 atom stereocenters. The van der Waals surface area contributed by atoms with Crippen LogP contribution < -0.4 is 10.1 Å². The summed E-state index contributed by atoms with van der Waals surface area (Å²) in [6.45, 7) is 11.9. The van der Waals surface area contributed by atoms with Crippen molar-refractivity contribution in [3.63, 3.8) is 0 Å². The molecule has 114 valence electrons. The number of hydrogen-bond acceptors (Lipinski definition) is 3. The fourth-order valence-electron chi connectivity index (χ4n) is 2.50. The highest BCUT2D eigenvalue weighted by atomic mass is 16.5. The molecule has 0 aliphatic carbocycles. The maximum Gasteiger partial charge on any atom is 0.130 e. The molecule has 1 heterocycles. The first-order chi connectivity index (χ1) is 9.86. The quantitative estimate of drug-likeness (QED) is 0.886. The monoisotopic (exact) mass is 286 g/mol. The first-order valence-electron chi connectivity index (χ1n) is 7.60. The Balaban J connectivity index is 2.67. The van der Waals surface area contributed by atoms with Gasteiger partial charge in [0.05, 0.1) is 12.6 Å². The topological polar surface area (TPSA) is 34.2 Å². The number of ether oxygens (including phenoxy) is 1. The summed E-state index contributed by atoms with van der Waals surface area (Å²) >= 11 is 0. The van der Waals surface area contributed by atoms with Crippen LogP contribution in [0.2, 0.25) is 0 Å². The molecule has 1 aromatic carbocycles. The van der Waals surface area contributed by atoms with E-state index in [-0.39, 0.29) is 5.41 Å². The number of methoxy groups -OCH3 is 1. The molecule has 0 radical (unpaired) electrons. The standard InChI is InChI=1S/C18H26N2O/c1-7-8-19-17-15(18(3,4)5)11-13-10-14(21-6)9-12(2)16(13)20-17/h9-11H,7-8H2,1-6H3,(H,19,20). The van der Waals surface area contributed by atoms with Crippen molar-refractivity contribution in [2.75, 3.05) is 19.0 Å². The molecule has 0 fully saturated rings. The van der Waals surface area contributed by atoms with Crippen LogP contribution in [0.15, 0.2) is 18.2 Å². The summed E-state index contributed by atoms with van der Waals surface area (Å²) in [6, 6.07) is 6.35. The van der Waals surface area contributed by atoms with Crippen LogP contribution in [0.3, 0.4) is 0 Å². The van der Waals surface area contributed by atoms with Gasteiger partial charge in [-0.05, 0) is 42.5 Å². The van der Waals surface area contributed by atoms with Crippen molar-refractivity contribution in [1.29, 1.82) is 0 Å². The molecule has 0 bridgehead atoms. The Morgan fingerprint density at radius 1 is 1.19 bits per heavy atom. The van der Waals surface area contributed by atoms with Crippen molar-refractivity contribution in [2.45, 2.75) is 46.5 Å². The Morgan fingerprint density at radius 2 is 1.90 bits per heavy atom. The van der Waals surface area contributed by atoms with Gasteiger partial charge in [-0.3, -0.25) is 0 Å². The predicted molar refractivity (Wildman–Crippen MR) is 90.5 cm³/mol. The molecule has 2 aromatic rings. The van der Waals surface area contributed by atoms with Crippen molar-refractivity contribution >= 4 is 16.7 Å². The number of nitrogens with zero attached hydrogens (tertiary/aromatic N) is 1. The van der Waals surface area contributed by atoms with E-state index in [1.165, 1.54) is 5.56 Å². The fraction of sp³-hybridized carbons (Fsp3) is 0.500. The molecule has 0 aliphatic heterocycles.